The molecule has 0 saturated carbocycles. The highest BCUT2D eigenvalue weighted by molar-refractivity contribution is 5.85. The Morgan fingerprint density at radius 3 is 2.35 bits per heavy atom. The van der Waals surface area contributed by atoms with Gasteiger partial charge in [-0.25, -0.2) is 9.48 Å². The highest BCUT2D eigenvalue weighted by Gasteiger charge is 2.19. The number of hydrogen-bond acceptors (Lipinski definition) is 3. The summed E-state index contributed by atoms with van der Waals surface area (Å²) >= 11 is 0. The molecule has 1 N–H and O–H groups in total. The summed E-state index contributed by atoms with van der Waals surface area (Å²) < 4.78 is 1.56. The fourth-order valence-electron chi connectivity index (χ4n) is 2.26. The summed E-state index contributed by atoms with van der Waals surface area (Å²) in [5.74, 6) is -1.29. The molecule has 1 heterocycles. The smallest absolute Gasteiger partial charge is 0.360 e. The minimum absolute atomic E-state index is 0.428. The normalized spacial score (nSPS) is 10.5. The fraction of sp³-hybridized carbons (Fsp3) is 0.267. The van der Waals surface area contributed by atoms with Gasteiger partial charge in [0.2, 0.25) is 11.1 Å². The second-order valence-corrected chi connectivity index (χ2v) is 4.36. The van der Waals surface area contributed by atoms with Crippen LogP contribution >= 0.6 is 0 Å². The van der Waals surface area contributed by atoms with Crippen LogP contribution in [0, 0.1) is 0 Å². The van der Waals surface area contributed by atoms with Gasteiger partial charge in [0.1, 0.15) is 0 Å². The Morgan fingerprint density at radius 1 is 1.20 bits per heavy atom. The Hall–Kier alpha value is -2.43. The Kier molecular flexibility index (Phi) is 3.98. The largest absolute Gasteiger partial charge is 0.476 e. The van der Waals surface area contributed by atoms with Crippen molar-refractivity contribution in [3.63, 3.8) is 0 Å². The molecule has 0 atom stereocenters. The molecule has 0 bridgehead atoms. The lowest BCUT2D eigenvalue weighted by atomic mass is 10.1. The van der Waals surface area contributed by atoms with Crippen LogP contribution in [0.5, 0.6) is 0 Å². The highest BCUT2D eigenvalue weighted by Crippen LogP contribution is 2.13. The van der Waals surface area contributed by atoms with Gasteiger partial charge in [0, 0.05) is 11.3 Å². The van der Waals surface area contributed by atoms with Gasteiger partial charge in [-0.2, -0.15) is 5.10 Å². The van der Waals surface area contributed by atoms with Gasteiger partial charge in [-0.05, 0) is 25.0 Å². The van der Waals surface area contributed by atoms with Crippen molar-refractivity contribution < 1.29 is 9.90 Å². The number of carbonyl (C=O) groups is 1. The number of para-hydroxylation sites is 1. The predicted octanol–water partition coefficient (Wildman–Crippen LogP) is 2.06. The van der Waals surface area contributed by atoms with E-state index >= 15 is 0 Å². The first kappa shape index (κ1) is 14.0. The van der Waals surface area contributed by atoms with Gasteiger partial charge in [-0.15, -0.1) is 0 Å². The van der Waals surface area contributed by atoms with E-state index in [2.05, 4.69) is 5.10 Å². The molecule has 0 fully saturated rings. The van der Waals surface area contributed by atoms with Crippen LogP contribution in [-0.4, -0.2) is 20.9 Å². The first-order valence-corrected chi connectivity index (χ1v) is 6.53. The minimum Gasteiger partial charge on any atom is -0.476 e. The molecule has 20 heavy (non-hydrogen) atoms. The van der Waals surface area contributed by atoms with Crippen LogP contribution in [0.15, 0.2) is 35.1 Å². The summed E-state index contributed by atoms with van der Waals surface area (Å²) in [4.78, 5) is 23.3. The molecule has 0 amide bonds. The van der Waals surface area contributed by atoms with E-state index in [-0.39, 0.29) is 0 Å². The summed E-state index contributed by atoms with van der Waals surface area (Å²) in [5.41, 5.74) is 1.12. The number of aromatic carboxylic acids is 1. The van der Waals surface area contributed by atoms with Crippen molar-refractivity contribution >= 4 is 5.97 Å². The third-order valence-electron chi connectivity index (χ3n) is 3.18. The monoisotopic (exact) mass is 272 g/mol. The summed E-state index contributed by atoms with van der Waals surface area (Å²) in [6.07, 6.45) is 1.10. The van der Waals surface area contributed by atoms with Crippen molar-refractivity contribution in [1.29, 1.82) is 0 Å². The van der Waals surface area contributed by atoms with Crippen LogP contribution < -0.4 is 5.43 Å². The van der Waals surface area contributed by atoms with E-state index in [0.29, 0.717) is 18.4 Å². The zero-order valence-electron chi connectivity index (χ0n) is 11.5. The molecule has 2 aromatic rings. The summed E-state index contributed by atoms with van der Waals surface area (Å²) in [7, 11) is 0. The Balaban J connectivity index is 2.83. The lowest BCUT2D eigenvalue weighted by Gasteiger charge is -2.15. The molecule has 0 aliphatic rings. The van der Waals surface area contributed by atoms with E-state index in [1.807, 2.05) is 44.2 Å². The molecule has 2 rings (SSSR count). The van der Waals surface area contributed by atoms with Gasteiger partial charge < -0.3 is 5.11 Å². The standard InChI is InChI=1S/C15H16N2O3/c1-3-11-12(4-2)17(10-8-6-5-7-9-10)16-13(14(11)18)15(19)20/h5-9H,3-4H2,1-2H3,(H,19,20). The van der Waals surface area contributed by atoms with Crippen molar-refractivity contribution in [2.24, 2.45) is 0 Å². The van der Waals surface area contributed by atoms with Crippen molar-refractivity contribution in [2.75, 3.05) is 0 Å². The number of benzene rings is 1. The molecule has 104 valence electrons. The number of nitrogens with zero attached hydrogens (tertiary/aromatic N) is 2. The van der Waals surface area contributed by atoms with Crippen LogP contribution in [0.3, 0.4) is 0 Å². The number of carboxylic acids is 1. The van der Waals surface area contributed by atoms with Crippen LogP contribution in [0.4, 0.5) is 0 Å². The molecule has 1 aromatic carbocycles. The van der Waals surface area contributed by atoms with E-state index in [1.54, 1.807) is 4.68 Å². The van der Waals surface area contributed by atoms with Crippen LogP contribution in [0.1, 0.15) is 35.6 Å². The number of aromatic nitrogens is 2. The van der Waals surface area contributed by atoms with Crippen LogP contribution in [-0.2, 0) is 12.8 Å². The van der Waals surface area contributed by atoms with E-state index in [4.69, 9.17) is 5.11 Å². The zero-order valence-corrected chi connectivity index (χ0v) is 11.5. The van der Waals surface area contributed by atoms with Gasteiger partial charge in [-0.3, -0.25) is 4.79 Å². The van der Waals surface area contributed by atoms with E-state index < -0.39 is 17.1 Å². The molecule has 0 radical (unpaired) electrons. The number of carboxylic acid groups (broad SMARTS) is 1. The van der Waals surface area contributed by atoms with Crippen molar-refractivity contribution in [3.05, 3.63) is 57.5 Å². The van der Waals surface area contributed by atoms with Gasteiger partial charge in [0.25, 0.3) is 0 Å². The Morgan fingerprint density at radius 2 is 1.85 bits per heavy atom. The second-order valence-electron chi connectivity index (χ2n) is 4.36. The number of rotatable bonds is 4. The van der Waals surface area contributed by atoms with E-state index in [1.165, 1.54) is 0 Å². The lowest BCUT2D eigenvalue weighted by molar-refractivity contribution is 0.0686. The summed E-state index contributed by atoms with van der Waals surface area (Å²) in [6, 6.07) is 9.24. The second kappa shape index (κ2) is 5.69. The molecule has 5 nitrogen and oxygen atoms in total. The zero-order chi connectivity index (χ0) is 14.7. The predicted molar refractivity (Wildman–Crippen MR) is 75.5 cm³/mol. The molecule has 0 aliphatic heterocycles. The molecule has 0 saturated heterocycles. The third-order valence-corrected chi connectivity index (χ3v) is 3.18. The first-order chi connectivity index (χ1) is 9.60. The third kappa shape index (κ3) is 2.34. The summed E-state index contributed by atoms with van der Waals surface area (Å²) in [5, 5.41) is 13.2. The molecule has 5 heteroatoms. The molecule has 0 aliphatic carbocycles. The highest BCUT2D eigenvalue weighted by atomic mass is 16.4. The molecule has 0 spiro atoms. The lowest BCUT2D eigenvalue weighted by Crippen LogP contribution is -2.28. The topological polar surface area (TPSA) is 72.2 Å². The van der Waals surface area contributed by atoms with Gasteiger partial charge in [0.05, 0.1) is 5.69 Å². The van der Waals surface area contributed by atoms with Gasteiger partial charge in [-0.1, -0.05) is 32.0 Å². The van der Waals surface area contributed by atoms with Crippen molar-refractivity contribution in [2.45, 2.75) is 26.7 Å². The summed E-state index contributed by atoms with van der Waals surface area (Å²) in [6.45, 7) is 3.77. The first-order valence-electron chi connectivity index (χ1n) is 6.53. The average Bonchev–Trinajstić information content (AvgIpc) is 2.47. The molecular formula is C15H16N2O3. The maximum Gasteiger partial charge on any atom is 0.360 e. The average molecular weight is 272 g/mol. The van der Waals surface area contributed by atoms with Crippen LogP contribution in [0.25, 0.3) is 5.69 Å². The number of hydrogen-bond donors (Lipinski definition) is 1. The van der Waals surface area contributed by atoms with E-state index in [0.717, 1.165) is 11.4 Å². The Bertz CT molecular complexity index is 690. The van der Waals surface area contributed by atoms with Gasteiger partial charge >= 0.3 is 5.97 Å². The molecule has 0 unspecified atom stereocenters. The molecular weight excluding hydrogens is 256 g/mol. The fourth-order valence-corrected chi connectivity index (χ4v) is 2.26. The van der Waals surface area contributed by atoms with Crippen molar-refractivity contribution in [3.8, 4) is 5.69 Å². The maximum absolute atomic E-state index is 12.1. The van der Waals surface area contributed by atoms with Gasteiger partial charge in [0.15, 0.2) is 0 Å². The van der Waals surface area contributed by atoms with Crippen LogP contribution in [0.2, 0.25) is 0 Å². The maximum atomic E-state index is 12.1. The molecule has 1 aromatic heterocycles. The Labute approximate surface area is 116 Å². The minimum atomic E-state index is -1.29. The SMILES string of the molecule is CCc1c(CC)n(-c2ccccc2)nc(C(=O)O)c1=O. The van der Waals surface area contributed by atoms with E-state index in [9.17, 15) is 9.59 Å². The van der Waals surface area contributed by atoms with Crippen molar-refractivity contribution in [1.82, 2.24) is 9.78 Å². The quantitative estimate of drug-likeness (QED) is 0.924.